The van der Waals surface area contributed by atoms with E-state index >= 15 is 0 Å². The molecule has 0 aromatic rings. The number of carbonyl (C=O) groups is 1. The van der Waals surface area contributed by atoms with Crippen molar-refractivity contribution in [2.75, 3.05) is 20.2 Å². The van der Waals surface area contributed by atoms with Gasteiger partial charge in [-0.2, -0.15) is 0 Å². The Balaban J connectivity index is 2.06. The summed E-state index contributed by atoms with van der Waals surface area (Å²) < 4.78 is 4.93. The van der Waals surface area contributed by atoms with E-state index < -0.39 is 5.54 Å². The first-order chi connectivity index (χ1) is 8.47. The van der Waals surface area contributed by atoms with Gasteiger partial charge in [-0.25, -0.2) is 0 Å². The molecule has 0 amide bonds. The van der Waals surface area contributed by atoms with Crippen LogP contribution in [-0.4, -0.2) is 42.6 Å². The standard InChI is InChI=1S/C14H26N2O2/c1-10-4-5-11(2)16(8-10)9-14(15,12-6-7-12)13(17)18-3/h10-12H,4-9,15H2,1-3H3. The molecule has 3 unspecified atom stereocenters. The molecule has 2 rings (SSSR count). The Morgan fingerprint density at radius 2 is 2.00 bits per heavy atom. The largest absolute Gasteiger partial charge is 0.468 e. The maximum atomic E-state index is 12.0. The number of rotatable bonds is 4. The van der Waals surface area contributed by atoms with Crippen LogP contribution in [0, 0.1) is 11.8 Å². The molecule has 1 saturated heterocycles. The van der Waals surface area contributed by atoms with E-state index in [1.807, 2.05) is 0 Å². The van der Waals surface area contributed by atoms with Crippen LogP contribution in [0.4, 0.5) is 0 Å². The summed E-state index contributed by atoms with van der Waals surface area (Å²) in [5, 5.41) is 0. The Morgan fingerprint density at radius 3 is 2.56 bits per heavy atom. The number of hydrogen-bond acceptors (Lipinski definition) is 4. The summed E-state index contributed by atoms with van der Waals surface area (Å²) in [5.74, 6) is 0.770. The molecular formula is C14H26N2O2. The van der Waals surface area contributed by atoms with Crippen LogP contribution in [0.25, 0.3) is 0 Å². The monoisotopic (exact) mass is 254 g/mol. The molecule has 3 atom stereocenters. The lowest BCUT2D eigenvalue weighted by Gasteiger charge is -2.41. The van der Waals surface area contributed by atoms with E-state index in [4.69, 9.17) is 10.5 Å². The molecule has 0 aromatic carbocycles. The van der Waals surface area contributed by atoms with Crippen LogP contribution in [0.2, 0.25) is 0 Å². The first-order valence-electron chi connectivity index (χ1n) is 7.08. The minimum Gasteiger partial charge on any atom is -0.468 e. The summed E-state index contributed by atoms with van der Waals surface area (Å²) in [6, 6.07) is 0.521. The van der Waals surface area contributed by atoms with Crippen LogP contribution in [0.15, 0.2) is 0 Å². The average Bonchev–Trinajstić information content (AvgIpc) is 3.17. The summed E-state index contributed by atoms with van der Waals surface area (Å²) in [7, 11) is 1.44. The van der Waals surface area contributed by atoms with Crippen molar-refractivity contribution >= 4 is 5.97 Å². The number of piperidine rings is 1. The van der Waals surface area contributed by atoms with Crippen molar-refractivity contribution in [1.29, 1.82) is 0 Å². The van der Waals surface area contributed by atoms with Gasteiger partial charge in [0.25, 0.3) is 0 Å². The number of hydrogen-bond donors (Lipinski definition) is 1. The smallest absolute Gasteiger partial charge is 0.327 e. The van der Waals surface area contributed by atoms with Crippen molar-refractivity contribution in [3.63, 3.8) is 0 Å². The van der Waals surface area contributed by atoms with Gasteiger partial charge in [0, 0.05) is 19.1 Å². The number of ether oxygens (including phenoxy) is 1. The third-order valence-corrected chi connectivity index (χ3v) is 4.58. The zero-order chi connectivity index (χ0) is 13.3. The highest BCUT2D eigenvalue weighted by Crippen LogP contribution is 2.40. The average molecular weight is 254 g/mol. The molecule has 2 fully saturated rings. The van der Waals surface area contributed by atoms with Gasteiger partial charge in [0.15, 0.2) is 0 Å². The van der Waals surface area contributed by atoms with Gasteiger partial charge >= 0.3 is 5.97 Å². The summed E-state index contributed by atoms with van der Waals surface area (Å²) in [4.78, 5) is 14.4. The second-order valence-electron chi connectivity index (χ2n) is 6.27. The summed E-state index contributed by atoms with van der Waals surface area (Å²) >= 11 is 0. The Kier molecular flexibility index (Phi) is 3.97. The second kappa shape index (κ2) is 5.17. The Hall–Kier alpha value is -0.610. The topological polar surface area (TPSA) is 55.6 Å². The highest BCUT2D eigenvalue weighted by molar-refractivity contribution is 5.81. The first kappa shape index (κ1) is 13.8. The molecule has 2 N–H and O–H groups in total. The van der Waals surface area contributed by atoms with Gasteiger partial charge in [-0.05, 0) is 44.4 Å². The Labute approximate surface area is 110 Å². The maximum absolute atomic E-state index is 12.0. The Bertz CT molecular complexity index is 317. The lowest BCUT2D eigenvalue weighted by atomic mass is 9.89. The molecule has 1 aliphatic heterocycles. The van der Waals surface area contributed by atoms with Crippen molar-refractivity contribution in [1.82, 2.24) is 4.90 Å². The molecule has 0 spiro atoms. The second-order valence-corrected chi connectivity index (χ2v) is 6.27. The normalized spacial score (nSPS) is 32.9. The molecule has 1 heterocycles. The third-order valence-electron chi connectivity index (χ3n) is 4.58. The first-order valence-corrected chi connectivity index (χ1v) is 7.08. The predicted octanol–water partition coefficient (Wildman–Crippen LogP) is 1.39. The van der Waals surface area contributed by atoms with Gasteiger partial charge in [0.2, 0.25) is 0 Å². The van der Waals surface area contributed by atoms with Gasteiger partial charge < -0.3 is 10.5 Å². The molecular weight excluding hydrogens is 228 g/mol. The van der Waals surface area contributed by atoms with Crippen LogP contribution in [0.3, 0.4) is 0 Å². The zero-order valence-electron chi connectivity index (χ0n) is 11.8. The number of carbonyl (C=O) groups excluding carboxylic acids is 1. The Morgan fingerprint density at radius 1 is 1.33 bits per heavy atom. The van der Waals surface area contributed by atoms with Crippen molar-refractivity contribution in [2.45, 2.75) is 51.1 Å². The molecule has 104 valence electrons. The van der Waals surface area contributed by atoms with Crippen molar-refractivity contribution in [3.05, 3.63) is 0 Å². The fourth-order valence-electron chi connectivity index (χ4n) is 3.09. The number of nitrogens with two attached hydrogens (primary N) is 1. The zero-order valence-corrected chi connectivity index (χ0v) is 11.8. The summed E-state index contributed by atoms with van der Waals surface area (Å²) in [5.41, 5.74) is 5.59. The van der Waals surface area contributed by atoms with Crippen LogP contribution in [0.5, 0.6) is 0 Å². The van der Waals surface area contributed by atoms with Crippen molar-refractivity contribution in [3.8, 4) is 0 Å². The summed E-state index contributed by atoms with van der Waals surface area (Å²) in [6.07, 6.45) is 4.59. The quantitative estimate of drug-likeness (QED) is 0.770. The molecule has 18 heavy (non-hydrogen) atoms. The van der Waals surface area contributed by atoms with Crippen molar-refractivity contribution < 1.29 is 9.53 Å². The van der Waals surface area contributed by atoms with E-state index in [2.05, 4.69) is 18.7 Å². The van der Waals surface area contributed by atoms with E-state index in [1.165, 1.54) is 20.0 Å². The SMILES string of the molecule is COC(=O)C(N)(CN1CC(C)CCC1C)C1CC1. The lowest BCUT2D eigenvalue weighted by Crippen LogP contribution is -2.60. The molecule has 4 heteroatoms. The van der Waals surface area contributed by atoms with Gasteiger partial charge in [0.1, 0.15) is 5.54 Å². The van der Waals surface area contributed by atoms with Crippen LogP contribution in [-0.2, 0) is 9.53 Å². The number of likely N-dealkylation sites (tertiary alicyclic amines) is 1. The van der Waals surface area contributed by atoms with E-state index in [1.54, 1.807) is 0 Å². The fourth-order valence-corrected chi connectivity index (χ4v) is 3.09. The van der Waals surface area contributed by atoms with Crippen LogP contribution < -0.4 is 5.73 Å². The molecule has 0 bridgehead atoms. The molecule has 0 radical (unpaired) electrons. The van der Waals surface area contributed by atoms with Crippen molar-refractivity contribution in [2.24, 2.45) is 17.6 Å². The third kappa shape index (κ3) is 2.69. The van der Waals surface area contributed by atoms with Crippen LogP contribution >= 0.6 is 0 Å². The van der Waals surface area contributed by atoms with Gasteiger partial charge in [-0.3, -0.25) is 9.69 Å². The molecule has 4 nitrogen and oxygen atoms in total. The highest BCUT2D eigenvalue weighted by Gasteiger charge is 2.50. The van der Waals surface area contributed by atoms with E-state index in [0.717, 1.165) is 19.4 Å². The number of methoxy groups -OCH3 is 1. The molecule has 0 aromatic heterocycles. The molecule has 2 aliphatic rings. The van der Waals surface area contributed by atoms with Gasteiger partial charge in [0.05, 0.1) is 7.11 Å². The van der Waals surface area contributed by atoms with E-state index in [-0.39, 0.29) is 5.97 Å². The van der Waals surface area contributed by atoms with Gasteiger partial charge in [-0.1, -0.05) is 6.92 Å². The molecule has 1 aliphatic carbocycles. The highest BCUT2D eigenvalue weighted by atomic mass is 16.5. The van der Waals surface area contributed by atoms with E-state index in [9.17, 15) is 4.79 Å². The maximum Gasteiger partial charge on any atom is 0.327 e. The minimum atomic E-state index is -0.792. The van der Waals surface area contributed by atoms with Gasteiger partial charge in [-0.15, -0.1) is 0 Å². The number of nitrogens with zero attached hydrogens (tertiary/aromatic N) is 1. The minimum absolute atomic E-state index is 0.240. The van der Waals surface area contributed by atoms with E-state index in [0.29, 0.717) is 24.4 Å². The molecule has 1 saturated carbocycles. The predicted molar refractivity (Wildman–Crippen MR) is 71.1 cm³/mol. The van der Waals surface area contributed by atoms with Crippen LogP contribution in [0.1, 0.15) is 39.5 Å². The summed E-state index contributed by atoms with van der Waals surface area (Å²) in [6.45, 7) is 6.20. The lowest BCUT2D eigenvalue weighted by molar-refractivity contribution is -0.149. The number of esters is 1. The fraction of sp³-hybridized carbons (Fsp3) is 0.929.